The molecule has 0 aliphatic rings. The molecule has 0 aliphatic heterocycles. The normalized spacial score (nSPS) is 11.1. The Hall–Kier alpha value is -3.58. The minimum absolute atomic E-state index is 0.630. The van der Waals surface area contributed by atoms with E-state index in [4.69, 9.17) is 14.8 Å². The summed E-state index contributed by atoms with van der Waals surface area (Å²) >= 11 is 0. The van der Waals surface area contributed by atoms with Gasteiger partial charge in [-0.2, -0.15) is 10.4 Å². The summed E-state index contributed by atoms with van der Waals surface area (Å²) in [5, 5.41) is 13.5. The number of hydrogen-bond acceptors (Lipinski definition) is 3. The van der Waals surface area contributed by atoms with Crippen LogP contribution in [0.1, 0.15) is 5.76 Å². The van der Waals surface area contributed by atoms with Crippen LogP contribution in [0, 0.1) is 11.3 Å². The SMILES string of the molecule is N#CC=Cc1cc2c(o1)c(-c1ccccc1)nn2-c1ccccc1. The number of allylic oxidation sites excluding steroid dienone is 1. The molecule has 2 aromatic carbocycles. The number of furan rings is 1. The molecule has 4 heteroatoms. The van der Waals surface area contributed by atoms with E-state index >= 15 is 0 Å². The second-order valence-electron chi connectivity index (χ2n) is 5.29. The van der Waals surface area contributed by atoms with Crippen LogP contribution in [-0.2, 0) is 0 Å². The summed E-state index contributed by atoms with van der Waals surface area (Å²) in [7, 11) is 0. The summed E-state index contributed by atoms with van der Waals surface area (Å²) in [4.78, 5) is 0. The van der Waals surface area contributed by atoms with Gasteiger partial charge < -0.3 is 4.42 Å². The third kappa shape index (κ3) is 2.38. The van der Waals surface area contributed by atoms with Crippen molar-refractivity contribution >= 4 is 17.2 Å². The van der Waals surface area contributed by atoms with Crippen LogP contribution >= 0.6 is 0 Å². The lowest BCUT2D eigenvalue weighted by molar-refractivity contribution is 0.605. The Morgan fingerprint density at radius 2 is 1.71 bits per heavy atom. The molecule has 24 heavy (non-hydrogen) atoms. The standard InChI is InChI=1S/C20H13N3O/c21-13-7-12-17-14-18-20(24-17)19(15-8-3-1-4-9-15)22-23(18)16-10-5-2-6-11-16/h1-12,14H. The largest absolute Gasteiger partial charge is 0.453 e. The van der Waals surface area contributed by atoms with E-state index in [-0.39, 0.29) is 0 Å². The van der Waals surface area contributed by atoms with Gasteiger partial charge in [0.25, 0.3) is 0 Å². The van der Waals surface area contributed by atoms with Gasteiger partial charge >= 0.3 is 0 Å². The average Bonchev–Trinajstić information content (AvgIpc) is 3.20. The van der Waals surface area contributed by atoms with E-state index in [9.17, 15) is 0 Å². The molecule has 0 amide bonds. The highest BCUT2D eigenvalue weighted by Gasteiger charge is 2.18. The molecule has 4 rings (SSSR count). The van der Waals surface area contributed by atoms with Gasteiger partial charge in [0, 0.05) is 17.7 Å². The quantitative estimate of drug-likeness (QED) is 0.510. The van der Waals surface area contributed by atoms with Crippen LogP contribution in [0.4, 0.5) is 0 Å². The second kappa shape index (κ2) is 5.90. The predicted molar refractivity (Wildman–Crippen MR) is 93.4 cm³/mol. The minimum atomic E-state index is 0.630. The first-order valence-corrected chi connectivity index (χ1v) is 7.56. The third-order valence-electron chi connectivity index (χ3n) is 3.74. The van der Waals surface area contributed by atoms with E-state index in [0.29, 0.717) is 11.3 Å². The van der Waals surface area contributed by atoms with Gasteiger partial charge in [0.15, 0.2) is 5.58 Å². The Morgan fingerprint density at radius 1 is 1.00 bits per heavy atom. The van der Waals surface area contributed by atoms with Crippen molar-refractivity contribution in [2.45, 2.75) is 0 Å². The first-order valence-electron chi connectivity index (χ1n) is 7.56. The van der Waals surface area contributed by atoms with Crippen molar-refractivity contribution in [1.82, 2.24) is 9.78 Å². The summed E-state index contributed by atoms with van der Waals surface area (Å²) in [6, 6.07) is 23.7. The van der Waals surface area contributed by atoms with Gasteiger partial charge in [-0.1, -0.05) is 48.5 Å². The lowest BCUT2D eigenvalue weighted by atomic mass is 10.1. The number of nitriles is 1. The van der Waals surface area contributed by atoms with E-state index in [1.807, 2.05) is 77.5 Å². The first kappa shape index (κ1) is 14.0. The number of para-hydroxylation sites is 1. The number of aromatic nitrogens is 2. The van der Waals surface area contributed by atoms with Gasteiger partial charge in [-0.25, -0.2) is 4.68 Å². The molecule has 0 saturated carbocycles. The molecule has 2 aromatic heterocycles. The Balaban J connectivity index is 1.98. The summed E-state index contributed by atoms with van der Waals surface area (Å²) in [6.07, 6.45) is 3.06. The zero-order chi connectivity index (χ0) is 16.4. The van der Waals surface area contributed by atoms with Crippen molar-refractivity contribution in [3.8, 4) is 23.0 Å². The number of hydrogen-bond donors (Lipinski definition) is 0. The lowest BCUT2D eigenvalue weighted by Gasteiger charge is -2.01. The zero-order valence-electron chi connectivity index (χ0n) is 12.8. The molecule has 0 unspecified atom stereocenters. The number of nitrogens with zero attached hydrogens (tertiary/aromatic N) is 3. The summed E-state index contributed by atoms with van der Waals surface area (Å²) in [5.74, 6) is 0.630. The van der Waals surface area contributed by atoms with Crippen molar-refractivity contribution in [2.75, 3.05) is 0 Å². The molecular weight excluding hydrogens is 298 g/mol. The van der Waals surface area contributed by atoms with Crippen LogP contribution in [0.15, 0.2) is 77.2 Å². The molecule has 0 aliphatic carbocycles. The van der Waals surface area contributed by atoms with Crippen LogP contribution in [0.25, 0.3) is 34.1 Å². The van der Waals surface area contributed by atoms with Crippen molar-refractivity contribution in [2.24, 2.45) is 0 Å². The lowest BCUT2D eigenvalue weighted by Crippen LogP contribution is -1.95. The van der Waals surface area contributed by atoms with Gasteiger partial charge in [-0.05, 0) is 18.2 Å². The monoisotopic (exact) mass is 311 g/mol. The molecule has 0 atom stereocenters. The average molecular weight is 311 g/mol. The van der Waals surface area contributed by atoms with Gasteiger partial charge in [-0.3, -0.25) is 0 Å². The zero-order valence-corrected chi connectivity index (χ0v) is 12.8. The maximum Gasteiger partial charge on any atom is 0.181 e. The van der Waals surface area contributed by atoms with Gasteiger partial charge in [0.05, 0.1) is 11.8 Å². The summed E-state index contributed by atoms with van der Waals surface area (Å²) in [6.45, 7) is 0. The first-order chi connectivity index (χ1) is 11.9. The van der Waals surface area contributed by atoms with Crippen LogP contribution in [0.2, 0.25) is 0 Å². The van der Waals surface area contributed by atoms with Crippen molar-refractivity contribution in [3.63, 3.8) is 0 Å². The Kier molecular flexibility index (Phi) is 3.45. The molecule has 0 fully saturated rings. The van der Waals surface area contributed by atoms with Crippen molar-refractivity contribution in [3.05, 3.63) is 78.6 Å². The van der Waals surface area contributed by atoms with Crippen LogP contribution in [0.5, 0.6) is 0 Å². The molecule has 4 nitrogen and oxygen atoms in total. The fourth-order valence-corrected chi connectivity index (χ4v) is 2.68. The molecule has 0 bridgehead atoms. The van der Waals surface area contributed by atoms with Crippen LogP contribution in [0.3, 0.4) is 0 Å². The van der Waals surface area contributed by atoms with Gasteiger partial charge in [0.2, 0.25) is 0 Å². The molecule has 0 spiro atoms. The van der Waals surface area contributed by atoms with Crippen molar-refractivity contribution in [1.29, 1.82) is 5.26 Å². The molecule has 2 heterocycles. The second-order valence-corrected chi connectivity index (χ2v) is 5.29. The highest BCUT2D eigenvalue weighted by molar-refractivity contribution is 5.91. The highest BCUT2D eigenvalue weighted by Crippen LogP contribution is 2.32. The van der Waals surface area contributed by atoms with E-state index in [1.54, 1.807) is 6.08 Å². The maximum absolute atomic E-state index is 8.72. The van der Waals surface area contributed by atoms with E-state index in [1.165, 1.54) is 6.08 Å². The molecular formula is C20H13N3O. The van der Waals surface area contributed by atoms with Gasteiger partial charge in [-0.15, -0.1) is 0 Å². The van der Waals surface area contributed by atoms with E-state index < -0.39 is 0 Å². The molecule has 4 aromatic rings. The highest BCUT2D eigenvalue weighted by atomic mass is 16.3. The fourth-order valence-electron chi connectivity index (χ4n) is 2.68. The van der Waals surface area contributed by atoms with E-state index in [2.05, 4.69) is 0 Å². The smallest absolute Gasteiger partial charge is 0.181 e. The van der Waals surface area contributed by atoms with Gasteiger partial charge in [0.1, 0.15) is 17.0 Å². The number of fused-ring (bicyclic) bond motifs is 1. The van der Waals surface area contributed by atoms with Crippen molar-refractivity contribution < 1.29 is 4.42 Å². The summed E-state index contributed by atoms with van der Waals surface area (Å²) < 4.78 is 7.80. The van der Waals surface area contributed by atoms with Crippen LogP contribution in [-0.4, -0.2) is 9.78 Å². The van der Waals surface area contributed by atoms with Crippen LogP contribution < -0.4 is 0 Å². The molecule has 114 valence electrons. The fraction of sp³-hybridized carbons (Fsp3) is 0. The molecule has 0 N–H and O–H groups in total. The topological polar surface area (TPSA) is 54.8 Å². The number of benzene rings is 2. The minimum Gasteiger partial charge on any atom is -0.453 e. The predicted octanol–water partition coefficient (Wildman–Crippen LogP) is 4.82. The third-order valence-corrected chi connectivity index (χ3v) is 3.74. The summed E-state index contributed by atoms with van der Waals surface area (Å²) in [5.41, 5.74) is 4.31. The molecule has 0 radical (unpaired) electrons. The Morgan fingerprint density at radius 3 is 2.42 bits per heavy atom. The Bertz CT molecular complexity index is 979. The number of rotatable bonds is 3. The molecule has 0 saturated heterocycles. The maximum atomic E-state index is 8.72. The Labute approximate surface area is 138 Å². The van der Waals surface area contributed by atoms with E-state index in [0.717, 1.165) is 22.5 Å².